The first-order valence-electron chi connectivity index (χ1n) is 20.5. The second-order valence-electron chi connectivity index (χ2n) is 12.2. The Kier molecular flexibility index (Phi) is 27.0. The second-order valence-corrected chi connectivity index (χ2v) is 12.4. The van der Waals surface area contributed by atoms with Gasteiger partial charge >= 0.3 is 11.9 Å². The highest BCUT2D eigenvalue weighted by atomic mass is 35.5. The minimum Gasteiger partial charge on any atom is -0.462 e. The van der Waals surface area contributed by atoms with Crippen molar-refractivity contribution in [1.29, 1.82) is 0 Å². The van der Waals surface area contributed by atoms with Crippen LogP contribution in [-0.2, 0) is 19.1 Å². The Hall–Kier alpha value is -0.770. The van der Waals surface area contributed by atoms with E-state index in [-0.39, 0.29) is 12.8 Å². The predicted octanol–water partition coefficient (Wildman–Crippen LogP) is 12.4. The van der Waals surface area contributed by atoms with E-state index in [0.717, 1.165) is 44.9 Å². The highest BCUT2D eigenvalue weighted by Gasteiger charge is 2.16. The summed E-state index contributed by atoms with van der Waals surface area (Å²) in [7, 11) is 0. The van der Waals surface area contributed by atoms with Crippen molar-refractivity contribution in [2.45, 2.75) is 213 Å². The largest absolute Gasteiger partial charge is 0.462 e. The molecule has 0 fully saturated rings. The van der Waals surface area contributed by atoms with E-state index >= 15 is 0 Å². The topological polar surface area (TPSA) is 52.6 Å². The van der Waals surface area contributed by atoms with E-state index < -0.39 is 30.4 Å². The Bertz CT molecular complexity index is 766. The van der Waals surface area contributed by atoms with E-state index in [2.05, 4.69) is 13.8 Å². The Balaban J connectivity index is 4.18. The van der Waals surface area contributed by atoms with Gasteiger partial charge in [0.15, 0.2) is 0 Å². The SMILES string of the molecule is [2H]C([2H])(Cl)C([2H])(OC(=O)CCCCCCCCCCCCCCCCC)C([2H])([2H])OC(=O)CCCCCCCCCCCCCCC. The first-order valence-corrected chi connectivity index (χ1v) is 18.4. The molecule has 0 spiro atoms. The van der Waals surface area contributed by atoms with E-state index in [1.165, 1.54) is 122 Å². The van der Waals surface area contributed by atoms with Gasteiger partial charge in [-0.2, -0.15) is 0 Å². The molecular formula is C37H71ClO4. The molecule has 0 amide bonds. The lowest BCUT2D eigenvalue weighted by atomic mass is 10.0. The van der Waals surface area contributed by atoms with Gasteiger partial charge in [0.1, 0.15) is 12.6 Å². The number of rotatable bonds is 34. The molecule has 0 heterocycles. The average molecular weight is 620 g/mol. The van der Waals surface area contributed by atoms with Crippen LogP contribution in [-0.4, -0.2) is 30.4 Å². The van der Waals surface area contributed by atoms with Crippen molar-refractivity contribution < 1.29 is 25.9 Å². The fourth-order valence-corrected chi connectivity index (χ4v) is 5.38. The van der Waals surface area contributed by atoms with E-state index in [1.54, 1.807) is 0 Å². The number of alkyl halides is 1. The van der Waals surface area contributed by atoms with Crippen molar-refractivity contribution in [2.24, 2.45) is 0 Å². The summed E-state index contributed by atoms with van der Waals surface area (Å²) in [6.45, 7) is 1.21. The summed E-state index contributed by atoms with van der Waals surface area (Å²) in [6, 6.07) is 0. The van der Waals surface area contributed by atoms with Crippen molar-refractivity contribution in [1.82, 2.24) is 0 Å². The molecule has 0 aromatic carbocycles. The van der Waals surface area contributed by atoms with Crippen LogP contribution in [0.5, 0.6) is 0 Å². The number of carbonyl (C=O) groups is 2. The molecule has 1 unspecified atom stereocenters. The first-order chi connectivity index (χ1) is 22.4. The number of ether oxygens (including phenoxy) is 2. The highest BCUT2D eigenvalue weighted by Crippen LogP contribution is 2.15. The van der Waals surface area contributed by atoms with Crippen LogP contribution >= 0.6 is 11.6 Å². The molecule has 0 aliphatic heterocycles. The Morgan fingerprint density at radius 1 is 0.524 bits per heavy atom. The molecule has 0 N–H and O–H groups in total. The van der Waals surface area contributed by atoms with E-state index in [1.807, 2.05) is 0 Å². The standard InChI is InChI=1S/C37H71ClO4/c1-3-5-7-9-11-13-15-17-18-20-22-24-26-28-30-32-37(40)42-35(33-38)34-41-36(39)31-29-27-25-23-21-19-16-14-12-10-8-6-4-2/h35H,3-34H2,1-2H3/i33D2,34D2,35D. The molecule has 0 aromatic rings. The minimum atomic E-state index is -3.27. The first kappa shape index (κ1) is 32.6. The minimum absolute atomic E-state index is 0.0638. The Morgan fingerprint density at radius 2 is 0.810 bits per heavy atom. The molecule has 0 aliphatic rings. The van der Waals surface area contributed by atoms with E-state index in [9.17, 15) is 9.59 Å². The van der Waals surface area contributed by atoms with E-state index in [0.29, 0.717) is 12.8 Å². The summed E-state index contributed by atoms with van der Waals surface area (Å²) in [5.74, 6) is -4.97. The molecule has 0 aliphatic carbocycles. The molecule has 0 saturated heterocycles. The lowest BCUT2D eigenvalue weighted by Gasteiger charge is -2.15. The van der Waals surface area contributed by atoms with Crippen LogP contribution in [0.1, 0.15) is 213 Å². The molecule has 250 valence electrons. The summed E-state index contributed by atoms with van der Waals surface area (Å²) in [5.41, 5.74) is 0. The number of carbonyl (C=O) groups excluding carboxylic acids is 2. The molecule has 4 nitrogen and oxygen atoms in total. The number of hydrogen-bond donors (Lipinski definition) is 0. The summed E-state index contributed by atoms with van der Waals surface area (Å²) < 4.78 is 50.2. The van der Waals surface area contributed by atoms with Gasteiger partial charge in [0.25, 0.3) is 0 Å². The van der Waals surface area contributed by atoms with Gasteiger partial charge in [0, 0.05) is 15.6 Å². The fourth-order valence-electron chi connectivity index (χ4n) is 5.31. The molecule has 0 saturated carbocycles. The summed E-state index contributed by atoms with van der Waals surface area (Å²) in [4.78, 5) is 24.9. The third-order valence-electron chi connectivity index (χ3n) is 8.03. The van der Waals surface area contributed by atoms with Gasteiger partial charge in [-0.1, -0.05) is 181 Å². The lowest BCUT2D eigenvalue weighted by Crippen LogP contribution is -2.26. The molecular weight excluding hydrogens is 544 g/mol. The van der Waals surface area contributed by atoms with Gasteiger partial charge in [-0.15, -0.1) is 11.6 Å². The molecule has 42 heavy (non-hydrogen) atoms. The lowest BCUT2D eigenvalue weighted by molar-refractivity contribution is -0.157. The molecule has 0 radical (unpaired) electrons. The summed E-state index contributed by atoms with van der Waals surface area (Å²) in [6.07, 6.45) is 29.1. The number of esters is 2. The van der Waals surface area contributed by atoms with E-state index in [4.69, 9.17) is 27.9 Å². The van der Waals surface area contributed by atoms with Crippen LogP contribution in [0.2, 0.25) is 0 Å². The maximum Gasteiger partial charge on any atom is 0.306 e. The Labute approximate surface area is 274 Å². The predicted molar refractivity (Wildman–Crippen MR) is 181 cm³/mol. The van der Waals surface area contributed by atoms with Crippen molar-refractivity contribution >= 4 is 23.5 Å². The second kappa shape index (κ2) is 34.7. The average Bonchev–Trinajstić information content (AvgIpc) is 3.00. The number of hydrogen-bond acceptors (Lipinski definition) is 4. The molecule has 0 bridgehead atoms. The number of halogens is 1. The van der Waals surface area contributed by atoms with Gasteiger partial charge < -0.3 is 9.47 Å². The van der Waals surface area contributed by atoms with Gasteiger partial charge in [0.2, 0.25) is 0 Å². The van der Waals surface area contributed by atoms with Gasteiger partial charge in [-0.3, -0.25) is 9.59 Å². The monoisotopic (exact) mass is 620 g/mol. The maximum atomic E-state index is 12.5. The Morgan fingerprint density at radius 3 is 1.12 bits per heavy atom. The van der Waals surface area contributed by atoms with Gasteiger partial charge in [-0.05, 0) is 12.8 Å². The molecule has 0 rings (SSSR count). The zero-order valence-corrected chi connectivity index (χ0v) is 28.5. The third-order valence-corrected chi connectivity index (χ3v) is 8.20. The summed E-state index contributed by atoms with van der Waals surface area (Å²) >= 11 is 5.72. The van der Waals surface area contributed by atoms with Crippen molar-refractivity contribution in [3.8, 4) is 0 Å². The van der Waals surface area contributed by atoms with Crippen molar-refractivity contribution in [2.75, 3.05) is 12.4 Å². The quantitative estimate of drug-likeness (QED) is 0.0408. The molecule has 1 atom stereocenters. The third kappa shape index (κ3) is 32.2. The van der Waals surface area contributed by atoms with Crippen LogP contribution in [0.25, 0.3) is 0 Å². The van der Waals surface area contributed by atoms with Crippen LogP contribution in [0.3, 0.4) is 0 Å². The van der Waals surface area contributed by atoms with Crippen LogP contribution < -0.4 is 0 Å². The molecule has 5 heteroatoms. The van der Waals surface area contributed by atoms with Crippen LogP contribution in [0, 0.1) is 0 Å². The fraction of sp³-hybridized carbons (Fsp3) is 0.946. The zero-order valence-electron chi connectivity index (χ0n) is 32.7. The van der Waals surface area contributed by atoms with Crippen molar-refractivity contribution in [3.05, 3.63) is 0 Å². The summed E-state index contributed by atoms with van der Waals surface area (Å²) in [5, 5.41) is 0. The van der Waals surface area contributed by atoms with Gasteiger partial charge in [0.05, 0.1) is 9.94 Å². The smallest absolute Gasteiger partial charge is 0.306 e. The van der Waals surface area contributed by atoms with Crippen LogP contribution in [0.4, 0.5) is 0 Å². The normalized spacial score (nSPS) is 15.2. The van der Waals surface area contributed by atoms with Gasteiger partial charge in [-0.25, -0.2) is 0 Å². The number of unbranched alkanes of at least 4 members (excludes halogenated alkanes) is 26. The van der Waals surface area contributed by atoms with Crippen molar-refractivity contribution in [3.63, 3.8) is 0 Å². The highest BCUT2D eigenvalue weighted by molar-refractivity contribution is 6.18. The molecule has 0 aromatic heterocycles. The maximum absolute atomic E-state index is 12.5. The zero-order chi connectivity index (χ0) is 35.3. The van der Waals surface area contributed by atoms with Crippen LogP contribution in [0.15, 0.2) is 0 Å².